The van der Waals surface area contributed by atoms with E-state index in [1.54, 1.807) is 0 Å². The number of nitrogens with two attached hydrogens (primary N) is 2. The number of alkyl halides is 6. The van der Waals surface area contributed by atoms with Gasteiger partial charge in [-0.15, -0.1) is 0 Å². The molecular formula is C51H50F6N2O2. The number of anilines is 2. The van der Waals surface area contributed by atoms with Crippen molar-refractivity contribution >= 4 is 11.4 Å². The van der Waals surface area contributed by atoms with Crippen molar-refractivity contribution in [1.29, 1.82) is 0 Å². The molecule has 0 atom stereocenters. The van der Waals surface area contributed by atoms with Crippen LogP contribution >= 0.6 is 0 Å². The largest absolute Gasteiger partial charge is 0.456 e. The van der Waals surface area contributed by atoms with Crippen LogP contribution in [-0.4, -0.2) is 0 Å². The molecule has 0 spiro atoms. The second-order valence-corrected chi connectivity index (χ2v) is 15.8. The zero-order chi connectivity index (χ0) is 43.7. The molecule has 6 aromatic rings. The number of benzene rings is 6. The van der Waals surface area contributed by atoms with Crippen LogP contribution in [0, 0.1) is 0 Å². The van der Waals surface area contributed by atoms with Gasteiger partial charge < -0.3 is 20.9 Å². The Morgan fingerprint density at radius 2 is 0.787 bits per heavy atom. The zero-order valence-electron chi connectivity index (χ0n) is 34.8. The van der Waals surface area contributed by atoms with E-state index in [9.17, 15) is 26.3 Å². The Kier molecular flexibility index (Phi) is 12.2. The molecular weight excluding hydrogens is 787 g/mol. The van der Waals surface area contributed by atoms with E-state index in [1.807, 2.05) is 52.0 Å². The number of hydrogen-bond donors (Lipinski definition) is 2. The minimum absolute atomic E-state index is 0.0198. The van der Waals surface area contributed by atoms with Crippen LogP contribution in [-0.2, 0) is 43.5 Å². The van der Waals surface area contributed by atoms with E-state index >= 15 is 0 Å². The van der Waals surface area contributed by atoms with Crippen molar-refractivity contribution in [2.75, 3.05) is 11.5 Å². The first-order valence-corrected chi connectivity index (χ1v) is 21.0. The number of hydrogen-bond acceptors (Lipinski definition) is 4. The average Bonchev–Trinajstić information content (AvgIpc) is 3.52. The Morgan fingerprint density at radius 3 is 1.10 bits per heavy atom. The SMILES string of the molecule is CCCc1cc(C2(c3cc(CCC)c(Oc4ccc(N)cc4C(F)(F)F)c(CCC)c3)c3ccccc3-c3ccccc32)cc(CCC)c1Oc1ccc(N)cc1C(F)(F)F. The number of fused-ring (bicyclic) bond motifs is 3. The highest BCUT2D eigenvalue weighted by Gasteiger charge is 2.47. The first-order valence-electron chi connectivity index (χ1n) is 21.0. The summed E-state index contributed by atoms with van der Waals surface area (Å²) in [6, 6.07) is 32.0. The lowest BCUT2D eigenvalue weighted by Crippen LogP contribution is -2.30. The van der Waals surface area contributed by atoms with Crippen LogP contribution in [0.3, 0.4) is 0 Å². The van der Waals surface area contributed by atoms with Crippen molar-refractivity contribution < 1.29 is 35.8 Å². The molecule has 1 aliphatic rings. The number of halogens is 6. The topological polar surface area (TPSA) is 70.5 Å². The van der Waals surface area contributed by atoms with Gasteiger partial charge >= 0.3 is 12.4 Å². The van der Waals surface area contributed by atoms with E-state index in [-0.39, 0.29) is 22.9 Å². The van der Waals surface area contributed by atoms with E-state index in [1.165, 1.54) is 24.3 Å². The maximum Gasteiger partial charge on any atom is 0.420 e. The number of ether oxygens (including phenoxy) is 2. The molecule has 0 unspecified atom stereocenters. The molecule has 0 fully saturated rings. The zero-order valence-corrected chi connectivity index (χ0v) is 34.8. The molecule has 0 aliphatic heterocycles. The predicted octanol–water partition coefficient (Wildman–Crippen LogP) is 14.6. The van der Waals surface area contributed by atoms with Crippen LogP contribution in [0.1, 0.15) is 109 Å². The van der Waals surface area contributed by atoms with Crippen molar-refractivity contribution in [2.24, 2.45) is 0 Å². The van der Waals surface area contributed by atoms with Crippen LogP contribution in [0.25, 0.3) is 11.1 Å². The summed E-state index contributed by atoms with van der Waals surface area (Å²) in [7, 11) is 0. The summed E-state index contributed by atoms with van der Waals surface area (Å²) >= 11 is 0. The van der Waals surface area contributed by atoms with Crippen LogP contribution in [0.4, 0.5) is 37.7 Å². The van der Waals surface area contributed by atoms with E-state index < -0.39 is 28.9 Å². The molecule has 61 heavy (non-hydrogen) atoms. The van der Waals surface area contributed by atoms with Gasteiger partial charge in [0.15, 0.2) is 0 Å². The second kappa shape index (κ2) is 17.2. The summed E-state index contributed by atoms with van der Waals surface area (Å²) in [5.41, 5.74) is 17.8. The van der Waals surface area contributed by atoms with Gasteiger partial charge in [0.05, 0.1) is 5.41 Å². The molecule has 318 valence electrons. The molecule has 4 nitrogen and oxygen atoms in total. The first kappa shape index (κ1) is 43.2. The van der Waals surface area contributed by atoms with Gasteiger partial charge in [0.2, 0.25) is 0 Å². The number of aryl methyl sites for hydroxylation is 4. The molecule has 0 bridgehead atoms. The number of nitrogen functional groups attached to an aromatic ring is 2. The van der Waals surface area contributed by atoms with E-state index in [4.69, 9.17) is 20.9 Å². The van der Waals surface area contributed by atoms with Gasteiger partial charge in [-0.05, 0) is 118 Å². The van der Waals surface area contributed by atoms with Gasteiger partial charge in [-0.3, -0.25) is 0 Å². The summed E-state index contributed by atoms with van der Waals surface area (Å²) in [4.78, 5) is 0. The first-order chi connectivity index (χ1) is 29.1. The van der Waals surface area contributed by atoms with Crippen molar-refractivity contribution in [3.63, 3.8) is 0 Å². The number of rotatable bonds is 14. The quantitative estimate of drug-likeness (QED) is 0.0846. The minimum Gasteiger partial charge on any atom is -0.456 e. The van der Waals surface area contributed by atoms with Crippen molar-refractivity contribution in [3.8, 4) is 34.1 Å². The molecule has 0 amide bonds. The molecule has 0 saturated heterocycles. The summed E-state index contributed by atoms with van der Waals surface area (Å²) in [5.74, 6) is 0.135. The fraction of sp³-hybridized carbons (Fsp3) is 0.294. The fourth-order valence-electron chi connectivity index (χ4n) is 8.98. The maximum absolute atomic E-state index is 14.4. The summed E-state index contributed by atoms with van der Waals surface area (Å²) < 4.78 is 99.4. The molecule has 0 aromatic heterocycles. The lowest BCUT2D eigenvalue weighted by Gasteiger charge is -2.36. The van der Waals surface area contributed by atoms with Crippen molar-refractivity contribution in [2.45, 2.75) is 96.8 Å². The van der Waals surface area contributed by atoms with Crippen LogP contribution in [0.15, 0.2) is 109 Å². The van der Waals surface area contributed by atoms with Crippen molar-refractivity contribution in [3.05, 3.63) is 165 Å². The standard InChI is InChI=1S/C51H50F6N2O2/c1-5-13-31-25-35(26-32(14-6-2)47(31)60-45-23-21-37(58)29-43(45)50(52,53)54)49(41-19-11-9-17-39(41)40-18-10-12-20-42(40)49)36-27-33(15-7-3)48(34(28-36)16-8-4)61-46-24-22-38(59)30-44(46)51(55,56)57/h9-12,17-30H,5-8,13-16,58-59H2,1-4H3. The van der Waals surface area contributed by atoms with Crippen LogP contribution < -0.4 is 20.9 Å². The normalized spacial score (nSPS) is 13.2. The smallest absolute Gasteiger partial charge is 0.420 e. The summed E-state index contributed by atoms with van der Waals surface area (Å²) in [5, 5.41) is 0. The lowest BCUT2D eigenvalue weighted by atomic mass is 9.66. The Balaban J connectivity index is 1.55. The van der Waals surface area contributed by atoms with Gasteiger partial charge in [0.25, 0.3) is 0 Å². The van der Waals surface area contributed by atoms with Crippen LogP contribution in [0.5, 0.6) is 23.0 Å². The summed E-state index contributed by atoms with van der Waals surface area (Å²) in [6.45, 7) is 8.09. The van der Waals surface area contributed by atoms with Gasteiger partial charge in [0, 0.05) is 11.4 Å². The van der Waals surface area contributed by atoms with Gasteiger partial charge in [-0.2, -0.15) is 26.3 Å². The Hall–Kier alpha value is -5.90. The monoisotopic (exact) mass is 836 g/mol. The third-order valence-corrected chi connectivity index (χ3v) is 11.4. The van der Waals surface area contributed by atoms with Gasteiger partial charge in [-0.25, -0.2) is 0 Å². The third kappa shape index (κ3) is 8.17. The highest BCUT2D eigenvalue weighted by molar-refractivity contribution is 5.86. The molecule has 0 saturated carbocycles. The molecule has 6 aromatic carbocycles. The van der Waals surface area contributed by atoms with Gasteiger partial charge in [-0.1, -0.05) is 126 Å². The van der Waals surface area contributed by atoms with Crippen LogP contribution in [0.2, 0.25) is 0 Å². The molecule has 0 heterocycles. The Bertz CT molecular complexity index is 2330. The highest BCUT2D eigenvalue weighted by atomic mass is 19.4. The maximum atomic E-state index is 14.4. The third-order valence-electron chi connectivity index (χ3n) is 11.4. The fourth-order valence-corrected chi connectivity index (χ4v) is 8.98. The molecule has 4 N–H and O–H groups in total. The Labute approximate surface area is 353 Å². The second-order valence-electron chi connectivity index (χ2n) is 15.8. The van der Waals surface area contributed by atoms with E-state index in [0.29, 0.717) is 62.9 Å². The predicted molar refractivity (Wildman–Crippen MR) is 232 cm³/mol. The molecule has 10 heteroatoms. The van der Waals surface area contributed by atoms with E-state index in [2.05, 4.69) is 48.5 Å². The highest BCUT2D eigenvalue weighted by Crippen LogP contribution is 2.58. The molecule has 7 rings (SSSR count). The average molecular weight is 837 g/mol. The summed E-state index contributed by atoms with van der Waals surface area (Å²) in [6.07, 6.45) is -4.55. The minimum atomic E-state index is -4.70. The van der Waals surface area contributed by atoms with E-state index in [0.717, 1.165) is 67.8 Å². The Morgan fingerprint density at radius 1 is 0.459 bits per heavy atom. The molecule has 1 aliphatic carbocycles. The van der Waals surface area contributed by atoms with Crippen molar-refractivity contribution in [1.82, 2.24) is 0 Å². The molecule has 0 radical (unpaired) electrons. The lowest BCUT2D eigenvalue weighted by molar-refractivity contribution is -0.139. The van der Waals surface area contributed by atoms with Gasteiger partial charge in [0.1, 0.15) is 34.1 Å².